The van der Waals surface area contributed by atoms with Crippen LogP contribution in [0.4, 0.5) is 0 Å². The van der Waals surface area contributed by atoms with E-state index in [1.807, 2.05) is 28.6 Å². The second-order valence-corrected chi connectivity index (χ2v) is 5.63. The van der Waals surface area contributed by atoms with Crippen molar-refractivity contribution in [2.24, 2.45) is 0 Å². The van der Waals surface area contributed by atoms with Crippen molar-refractivity contribution in [2.45, 2.75) is 46.2 Å². The lowest BCUT2D eigenvalue weighted by Gasteiger charge is -2.23. The van der Waals surface area contributed by atoms with Crippen molar-refractivity contribution >= 4 is 5.91 Å². The Morgan fingerprint density at radius 1 is 1.41 bits per heavy atom. The SMILES string of the molecule is CCn1nccc1-c1cc([C@@H]2CCCN2C(C)=O)nc(C)n1. The van der Waals surface area contributed by atoms with Crippen LogP contribution in [0.3, 0.4) is 0 Å². The van der Waals surface area contributed by atoms with Crippen LogP contribution in [0.15, 0.2) is 18.3 Å². The van der Waals surface area contributed by atoms with E-state index in [0.29, 0.717) is 0 Å². The van der Waals surface area contributed by atoms with E-state index in [1.165, 1.54) is 0 Å². The Morgan fingerprint density at radius 2 is 2.23 bits per heavy atom. The first kappa shape index (κ1) is 14.7. The summed E-state index contributed by atoms with van der Waals surface area (Å²) >= 11 is 0. The van der Waals surface area contributed by atoms with Gasteiger partial charge in [-0.25, -0.2) is 9.97 Å². The summed E-state index contributed by atoms with van der Waals surface area (Å²) in [5, 5.41) is 4.30. The van der Waals surface area contributed by atoms with Gasteiger partial charge in [0, 0.05) is 26.2 Å². The summed E-state index contributed by atoms with van der Waals surface area (Å²) in [7, 11) is 0. The molecule has 0 spiro atoms. The molecule has 116 valence electrons. The number of aryl methyl sites for hydroxylation is 2. The molecule has 3 heterocycles. The molecule has 0 radical (unpaired) electrons. The summed E-state index contributed by atoms with van der Waals surface area (Å²) in [6.07, 6.45) is 3.77. The van der Waals surface area contributed by atoms with E-state index in [4.69, 9.17) is 0 Å². The maximum Gasteiger partial charge on any atom is 0.220 e. The lowest BCUT2D eigenvalue weighted by molar-refractivity contribution is -0.129. The van der Waals surface area contributed by atoms with E-state index in [-0.39, 0.29) is 11.9 Å². The molecule has 0 unspecified atom stereocenters. The molecule has 6 nitrogen and oxygen atoms in total. The number of aromatic nitrogens is 4. The van der Waals surface area contributed by atoms with E-state index in [9.17, 15) is 4.79 Å². The molecule has 2 aromatic rings. The van der Waals surface area contributed by atoms with Crippen LogP contribution in [0.1, 0.15) is 44.2 Å². The molecule has 2 aromatic heterocycles. The molecule has 1 aliphatic heterocycles. The van der Waals surface area contributed by atoms with Gasteiger partial charge in [-0.15, -0.1) is 0 Å². The highest BCUT2D eigenvalue weighted by atomic mass is 16.2. The van der Waals surface area contributed by atoms with Crippen molar-refractivity contribution in [3.63, 3.8) is 0 Å². The van der Waals surface area contributed by atoms with Crippen molar-refractivity contribution < 1.29 is 4.79 Å². The molecule has 0 N–H and O–H groups in total. The van der Waals surface area contributed by atoms with Gasteiger partial charge in [-0.3, -0.25) is 9.48 Å². The zero-order valence-corrected chi connectivity index (χ0v) is 13.3. The minimum atomic E-state index is 0.0657. The zero-order valence-electron chi connectivity index (χ0n) is 13.3. The smallest absolute Gasteiger partial charge is 0.220 e. The lowest BCUT2D eigenvalue weighted by atomic mass is 10.1. The van der Waals surface area contributed by atoms with Crippen molar-refractivity contribution in [1.29, 1.82) is 0 Å². The van der Waals surface area contributed by atoms with E-state index < -0.39 is 0 Å². The molecule has 0 aromatic carbocycles. The second kappa shape index (κ2) is 5.87. The summed E-state index contributed by atoms with van der Waals surface area (Å²) in [6, 6.07) is 4.03. The van der Waals surface area contributed by atoms with Gasteiger partial charge in [0.05, 0.1) is 23.1 Å². The number of hydrogen-bond acceptors (Lipinski definition) is 4. The maximum atomic E-state index is 11.8. The van der Waals surface area contributed by atoms with Gasteiger partial charge in [0.2, 0.25) is 5.91 Å². The molecule has 1 amide bonds. The van der Waals surface area contributed by atoms with Crippen LogP contribution in [0.2, 0.25) is 0 Å². The highest BCUT2D eigenvalue weighted by molar-refractivity contribution is 5.74. The zero-order chi connectivity index (χ0) is 15.7. The molecular formula is C16H21N5O. The topological polar surface area (TPSA) is 63.9 Å². The largest absolute Gasteiger partial charge is 0.334 e. The van der Waals surface area contributed by atoms with Gasteiger partial charge in [0.15, 0.2) is 0 Å². The van der Waals surface area contributed by atoms with Crippen LogP contribution in [-0.4, -0.2) is 37.1 Å². The normalized spacial score (nSPS) is 18.0. The van der Waals surface area contributed by atoms with E-state index in [0.717, 1.165) is 48.8 Å². The Morgan fingerprint density at radius 3 is 2.95 bits per heavy atom. The first-order valence-corrected chi connectivity index (χ1v) is 7.75. The third-order valence-corrected chi connectivity index (χ3v) is 4.13. The standard InChI is InChI=1S/C16H21N5O/c1-4-21-16(7-8-17-21)14-10-13(18-11(2)19-14)15-6-5-9-20(15)12(3)22/h7-8,10,15H,4-6,9H2,1-3H3/t15-/m0/s1. The molecule has 22 heavy (non-hydrogen) atoms. The highest BCUT2D eigenvalue weighted by Crippen LogP contribution is 2.32. The van der Waals surface area contributed by atoms with Crippen molar-refractivity contribution in [3.05, 3.63) is 29.8 Å². The Bertz CT molecular complexity index is 694. The number of likely N-dealkylation sites (tertiary alicyclic amines) is 1. The van der Waals surface area contributed by atoms with Crippen molar-refractivity contribution in [1.82, 2.24) is 24.6 Å². The predicted molar refractivity (Wildman–Crippen MR) is 83.0 cm³/mol. The summed E-state index contributed by atoms with van der Waals surface area (Å²) in [5.74, 6) is 0.839. The van der Waals surface area contributed by atoms with Gasteiger partial charge >= 0.3 is 0 Å². The molecule has 6 heteroatoms. The third-order valence-electron chi connectivity index (χ3n) is 4.13. The minimum Gasteiger partial charge on any atom is -0.334 e. The van der Waals surface area contributed by atoms with Crippen LogP contribution in [0, 0.1) is 6.92 Å². The number of hydrogen-bond donors (Lipinski definition) is 0. The van der Waals surface area contributed by atoms with Crippen molar-refractivity contribution in [3.8, 4) is 11.4 Å². The number of carbonyl (C=O) groups excluding carboxylic acids is 1. The fraction of sp³-hybridized carbons (Fsp3) is 0.500. The molecular weight excluding hydrogens is 278 g/mol. The number of rotatable bonds is 3. The van der Waals surface area contributed by atoms with Gasteiger partial charge < -0.3 is 4.90 Å². The second-order valence-electron chi connectivity index (χ2n) is 5.63. The highest BCUT2D eigenvalue weighted by Gasteiger charge is 2.29. The van der Waals surface area contributed by atoms with Crippen molar-refractivity contribution in [2.75, 3.05) is 6.54 Å². The fourth-order valence-electron chi connectivity index (χ4n) is 3.15. The Balaban J connectivity index is 2.02. The molecule has 3 rings (SSSR count). The number of nitrogens with zero attached hydrogens (tertiary/aromatic N) is 5. The van der Waals surface area contributed by atoms with Gasteiger partial charge in [-0.2, -0.15) is 5.10 Å². The van der Waals surface area contributed by atoms with E-state index in [1.54, 1.807) is 13.1 Å². The van der Waals surface area contributed by atoms with E-state index >= 15 is 0 Å². The van der Waals surface area contributed by atoms with Gasteiger partial charge in [-0.05, 0) is 38.8 Å². The molecule has 1 fully saturated rings. The van der Waals surface area contributed by atoms with Gasteiger partial charge in [0.1, 0.15) is 5.82 Å². The minimum absolute atomic E-state index is 0.0657. The lowest BCUT2D eigenvalue weighted by Crippen LogP contribution is -2.28. The van der Waals surface area contributed by atoms with Crippen LogP contribution < -0.4 is 0 Å². The number of carbonyl (C=O) groups is 1. The summed E-state index contributed by atoms with van der Waals surface area (Å²) in [6.45, 7) is 7.18. The Hall–Kier alpha value is -2.24. The maximum absolute atomic E-state index is 11.8. The van der Waals surface area contributed by atoms with Crippen LogP contribution >= 0.6 is 0 Å². The predicted octanol–water partition coefficient (Wildman–Crippen LogP) is 2.35. The summed E-state index contributed by atoms with van der Waals surface area (Å²) in [4.78, 5) is 22.8. The summed E-state index contributed by atoms with van der Waals surface area (Å²) in [5.41, 5.74) is 2.79. The molecule has 1 saturated heterocycles. The van der Waals surface area contributed by atoms with Gasteiger partial charge in [0.25, 0.3) is 0 Å². The molecule has 1 atom stereocenters. The Kier molecular flexibility index (Phi) is 3.92. The first-order chi connectivity index (χ1) is 10.6. The first-order valence-electron chi connectivity index (χ1n) is 7.75. The molecule has 1 aliphatic rings. The molecule has 0 aliphatic carbocycles. The number of amides is 1. The Labute approximate surface area is 130 Å². The molecule has 0 bridgehead atoms. The average molecular weight is 299 g/mol. The van der Waals surface area contributed by atoms with Crippen LogP contribution in [-0.2, 0) is 11.3 Å². The van der Waals surface area contributed by atoms with Crippen LogP contribution in [0.25, 0.3) is 11.4 Å². The average Bonchev–Trinajstić information content (AvgIpc) is 3.15. The summed E-state index contributed by atoms with van der Waals surface area (Å²) < 4.78 is 1.92. The van der Waals surface area contributed by atoms with Gasteiger partial charge in [-0.1, -0.05) is 0 Å². The van der Waals surface area contributed by atoms with E-state index in [2.05, 4.69) is 22.0 Å². The third kappa shape index (κ3) is 2.61. The fourth-order valence-corrected chi connectivity index (χ4v) is 3.15. The monoisotopic (exact) mass is 299 g/mol. The molecule has 0 saturated carbocycles. The quantitative estimate of drug-likeness (QED) is 0.872. The van der Waals surface area contributed by atoms with Crippen LogP contribution in [0.5, 0.6) is 0 Å².